The average Bonchev–Trinajstić information content (AvgIpc) is 3.49. The quantitative estimate of drug-likeness (QED) is 0.378. The van der Waals surface area contributed by atoms with Crippen LogP contribution in [0.3, 0.4) is 0 Å². The fourth-order valence-corrected chi connectivity index (χ4v) is 5.12. The van der Waals surface area contributed by atoms with E-state index in [0.29, 0.717) is 42.0 Å². The normalized spacial score (nSPS) is 15.2. The number of oxazole rings is 1. The molecule has 0 unspecified atom stereocenters. The number of amides is 2. The number of hydrogen-bond acceptors (Lipinski definition) is 6. The number of anilines is 2. The average molecular weight is 485 g/mol. The SMILES string of the molecule is Cc1nc(C2CC2)oc1C(=O)Nc1nc(-c2ccc3c(c2)CCC(=O)N3Cc2ccccc2)cs1. The van der Waals surface area contributed by atoms with Crippen molar-refractivity contribution < 1.29 is 14.0 Å². The smallest absolute Gasteiger partial charge is 0.295 e. The van der Waals surface area contributed by atoms with Gasteiger partial charge in [0.15, 0.2) is 11.0 Å². The molecule has 0 atom stereocenters. The van der Waals surface area contributed by atoms with Crippen LogP contribution in [0.2, 0.25) is 0 Å². The van der Waals surface area contributed by atoms with Crippen molar-refractivity contribution in [1.29, 1.82) is 0 Å². The van der Waals surface area contributed by atoms with Gasteiger partial charge in [-0.1, -0.05) is 36.4 Å². The van der Waals surface area contributed by atoms with Crippen LogP contribution in [-0.4, -0.2) is 21.8 Å². The van der Waals surface area contributed by atoms with Gasteiger partial charge < -0.3 is 9.32 Å². The molecule has 4 aromatic rings. The van der Waals surface area contributed by atoms with Crippen LogP contribution < -0.4 is 10.2 Å². The zero-order valence-corrected chi connectivity index (χ0v) is 20.1. The zero-order valence-electron chi connectivity index (χ0n) is 19.3. The van der Waals surface area contributed by atoms with Crippen molar-refractivity contribution in [3.05, 3.63) is 82.4 Å². The molecule has 0 spiro atoms. The van der Waals surface area contributed by atoms with E-state index in [1.54, 1.807) is 6.92 Å². The summed E-state index contributed by atoms with van der Waals surface area (Å²) in [5, 5.41) is 5.28. The maximum absolute atomic E-state index is 12.7. The number of fused-ring (bicyclic) bond motifs is 1. The van der Waals surface area contributed by atoms with E-state index in [1.165, 1.54) is 11.3 Å². The van der Waals surface area contributed by atoms with E-state index in [4.69, 9.17) is 4.42 Å². The van der Waals surface area contributed by atoms with Crippen molar-refractivity contribution in [2.45, 2.75) is 45.1 Å². The number of aromatic nitrogens is 2. The molecule has 1 aliphatic carbocycles. The van der Waals surface area contributed by atoms with Crippen LogP contribution >= 0.6 is 11.3 Å². The molecule has 1 fully saturated rings. The Balaban J connectivity index is 1.20. The first kappa shape index (κ1) is 21.7. The van der Waals surface area contributed by atoms with E-state index in [-0.39, 0.29) is 17.6 Å². The third-order valence-electron chi connectivity index (χ3n) is 6.43. The van der Waals surface area contributed by atoms with Crippen molar-refractivity contribution in [2.24, 2.45) is 0 Å². The highest BCUT2D eigenvalue weighted by Crippen LogP contribution is 2.40. The van der Waals surface area contributed by atoms with E-state index in [0.717, 1.165) is 40.9 Å². The van der Waals surface area contributed by atoms with Crippen LogP contribution in [-0.2, 0) is 17.8 Å². The number of nitrogens with zero attached hydrogens (tertiary/aromatic N) is 3. The van der Waals surface area contributed by atoms with E-state index in [9.17, 15) is 9.59 Å². The first-order valence-electron chi connectivity index (χ1n) is 11.8. The van der Waals surface area contributed by atoms with Gasteiger partial charge in [0, 0.05) is 29.0 Å². The fourth-order valence-electron chi connectivity index (χ4n) is 4.41. The largest absolute Gasteiger partial charge is 0.435 e. The summed E-state index contributed by atoms with van der Waals surface area (Å²) >= 11 is 1.37. The Morgan fingerprint density at radius 3 is 2.77 bits per heavy atom. The van der Waals surface area contributed by atoms with Crippen molar-refractivity contribution in [1.82, 2.24) is 9.97 Å². The first-order valence-corrected chi connectivity index (χ1v) is 12.6. The van der Waals surface area contributed by atoms with Gasteiger partial charge in [0.25, 0.3) is 5.91 Å². The topological polar surface area (TPSA) is 88.3 Å². The lowest BCUT2D eigenvalue weighted by atomic mass is 9.97. The molecular formula is C27H24N4O3S. The van der Waals surface area contributed by atoms with E-state index >= 15 is 0 Å². The van der Waals surface area contributed by atoms with Crippen LogP contribution in [0.15, 0.2) is 58.3 Å². The Hall–Kier alpha value is -3.78. The molecule has 176 valence electrons. The van der Waals surface area contributed by atoms with Gasteiger partial charge in [-0.15, -0.1) is 11.3 Å². The summed E-state index contributed by atoms with van der Waals surface area (Å²) in [4.78, 5) is 36.3. The zero-order chi connectivity index (χ0) is 23.9. The highest BCUT2D eigenvalue weighted by Gasteiger charge is 2.31. The molecule has 0 bridgehead atoms. The van der Waals surface area contributed by atoms with E-state index in [1.807, 2.05) is 52.7 Å². The third kappa shape index (κ3) is 4.37. The Bertz CT molecular complexity index is 1420. The molecule has 2 aliphatic rings. The third-order valence-corrected chi connectivity index (χ3v) is 7.19. The van der Waals surface area contributed by atoms with Gasteiger partial charge in [-0.3, -0.25) is 14.9 Å². The Morgan fingerprint density at radius 1 is 1.14 bits per heavy atom. The van der Waals surface area contributed by atoms with Crippen molar-refractivity contribution >= 4 is 34.0 Å². The van der Waals surface area contributed by atoms with Crippen LogP contribution in [0.5, 0.6) is 0 Å². The molecule has 1 aliphatic heterocycles. The Labute approximate surface area is 206 Å². The monoisotopic (exact) mass is 484 g/mol. The molecule has 1 N–H and O–H groups in total. The Kier molecular flexibility index (Phi) is 5.45. The molecule has 1 saturated carbocycles. The lowest BCUT2D eigenvalue weighted by Gasteiger charge is -2.30. The minimum Gasteiger partial charge on any atom is -0.435 e. The number of rotatable bonds is 6. The van der Waals surface area contributed by atoms with Gasteiger partial charge >= 0.3 is 0 Å². The standard InChI is InChI=1S/C27H24N4O3S/c1-16-24(34-26(28-16)18-7-8-18)25(33)30-27-29-21(15-35-27)19-9-11-22-20(13-19)10-12-23(32)31(22)14-17-5-3-2-4-6-17/h2-6,9,11,13,15,18H,7-8,10,12,14H2,1H3,(H,29,30,33). The second-order valence-electron chi connectivity index (χ2n) is 9.04. The Morgan fingerprint density at radius 2 is 1.97 bits per heavy atom. The molecular weight excluding hydrogens is 460 g/mol. The number of nitrogens with one attached hydrogen (secondary N) is 1. The van der Waals surface area contributed by atoms with Crippen LogP contribution in [0, 0.1) is 6.92 Å². The second kappa shape index (κ2) is 8.78. The summed E-state index contributed by atoms with van der Waals surface area (Å²) < 4.78 is 5.71. The summed E-state index contributed by atoms with van der Waals surface area (Å²) in [6, 6.07) is 16.1. The lowest BCUT2D eigenvalue weighted by Crippen LogP contribution is -2.34. The van der Waals surface area contributed by atoms with Gasteiger partial charge in [0.2, 0.25) is 11.7 Å². The van der Waals surface area contributed by atoms with Gasteiger partial charge in [-0.05, 0) is 49.4 Å². The predicted octanol–water partition coefficient (Wildman–Crippen LogP) is 5.72. The predicted molar refractivity (Wildman–Crippen MR) is 135 cm³/mol. The summed E-state index contributed by atoms with van der Waals surface area (Å²) in [6.45, 7) is 2.35. The molecule has 7 nitrogen and oxygen atoms in total. The van der Waals surface area contributed by atoms with Crippen LogP contribution in [0.4, 0.5) is 10.8 Å². The first-order chi connectivity index (χ1) is 17.0. The molecule has 3 heterocycles. The van der Waals surface area contributed by atoms with Gasteiger partial charge in [-0.2, -0.15) is 0 Å². The molecule has 8 heteroatoms. The van der Waals surface area contributed by atoms with E-state index in [2.05, 4.69) is 21.4 Å². The molecule has 2 amide bonds. The maximum Gasteiger partial charge on any atom is 0.295 e. The van der Waals surface area contributed by atoms with Crippen molar-refractivity contribution in [3.8, 4) is 11.3 Å². The minimum atomic E-state index is -0.330. The van der Waals surface area contributed by atoms with Crippen LogP contribution in [0.1, 0.15) is 58.4 Å². The van der Waals surface area contributed by atoms with E-state index < -0.39 is 0 Å². The second-order valence-corrected chi connectivity index (χ2v) is 9.90. The van der Waals surface area contributed by atoms with Crippen molar-refractivity contribution in [2.75, 3.05) is 10.2 Å². The summed E-state index contributed by atoms with van der Waals surface area (Å²) in [5.41, 5.74) is 5.52. The van der Waals surface area contributed by atoms with Crippen LogP contribution in [0.25, 0.3) is 11.3 Å². The number of hydrogen-bond donors (Lipinski definition) is 1. The lowest BCUT2D eigenvalue weighted by molar-refractivity contribution is -0.119. The molecule has 0 saturated heterocycles. The number of carbonyl (C=O) groups is 2. The summed E-state index contributed by atoms with van der Waals surface area (Å²) in [7, 11) is 0. The molecule has 2 aromatic heterocycles. The van der Waals surface area contributed by atoms with Gasteiger partial charge in [-0.25, -0.2) is 9.97 Å². The highest BCUT2D eigenvalue weighted by atomic mass is 32.1. The molecule has 0 radical (unpaired) electrons. The molecule has 2 aromatic carbocycles. The number of benzene rings is 2. The maximum atomic E-state index is 12.7. The molecule has 6 rings (SSSR count). The minimum absolute atomic E-state index is 0.139. The highest BCUT2D eigenvalue weighted by molar-refractivity contribution is 7.14. The molecule has 35 heavy (non-hydrogen) atoms. The number of aryl methyl sites for hydroxylation is 2. The number of thiazole rings is 1. The fraction of sp³-hybridized carbons (Fsp3) is 0.259. The van der Waals surface area contributed by atoms with Crippen molar-refractivity contribution in [3.63, 3.8) is 0 Å². The summed E-state index contributed by atoms with van der Waals surface area (Å²) in [6.07, 6.45) is 3.32. The van der Waals surface area contributed by atoms with Gasteiger partial charge in [0.1, 0.15) is 0 Å². The van der Waals surface area contributed by atoms with Gasteiger partial charge in [0.05, 0.1) is 17.9 Å². The summed E-state index contributed by atoms with van der Waals surface area (Å²) in [5.74, 6) is 1.06. The number of carbonyl (C=O) groups excluding carboxylic acids is 2.